The second kappa shape index (κ2) is 7.56. The third kappa shape index (κ3) is 4.53. The third-order valence-corrected chi connectivity index (χ3v) is 4.04. The van der Waals surface area contributed by atoms with Crippen molar-refractivity contribution in [1.29, 1.82) is 0 Å². The van der Waals surface area contributed by atoms with E-state index in [1.54, 1.807) is 0 Å². The van der Waals surface area contributed by atoms with Crippen molar-refractivity contribution < 1.29 is 38.3 Å². The summed E-state index contributed by atoms with van der Waals surface area (Å²) in [5.41, 5.74) is 0. The average Bonchev–Trinajstić information content (AvgIpc) is 3.12. The summed E-state index contributed by atoms with van der Waals surface area (Å²) in [6, 6.07) is 0. The van der Waals surface area contributed by atoms with E-state index in [0.717, 1.165) is 25.7 Å². The van der Waals surface area contributed by atoms with Crippen molar-refractivity contribution in [2.45, 2.75) is 56.6 Å². The van der Waals surface area contributed by atoms with Crippen LogP contribution in [0.25, 0.3) is 0 Å². The van der Waals surface area contributed by atoms with Crippen LogP contribution in [0, 0.1) is 0 Å². The lowest BCUT2D eigenvalue weighted by atomic mass is 9.95. The van der Waals surface area contributed by atoms with Crippen LogP contribution in [0.2, 0.25) is 0 Å². The predicted molar refractivity (Wildman–Crippen MR) is 71.0 cm³/mol. The first-order chi connectivity index (χ1) is 10.7. The van der Waals surface area contributed by atoms with Crippen molar-refractivity contribution in [3.63, 3.8) is 0 Å². The molecule has 1 aliphatic carbocycles. The van der Waals surface area contributed by atoms with E-state index in [-0.39, 0.29) is 31.0 Å². The molecule has 3 rings (SSSR count). The van der Waals surface area contributed by atoms with Gasteiger partial charge in [-0.25, -0.2) is 4.79 Å². The minimum Gasteiger partial charge on any atom is -0.430 e. The van der Waals surface area contributed by atoms with Crippen LogP contribution in [0.5, 0.6) is 0 Å². The first-order valence-electron chi connectivity index (χ1n) is 7.71. The molecule has 8 nitrogen and oxygen atoms in total. The summed E-state index contributed by atoms with van der Waals surface area (Å²) in [5.74, 6) is 0. The molecule has 3 atom stereocenters. The van der Waals surface area contributed by atoms with E-state index >= 15 is 0 Å². The van der Waals surface area contributed by atoms with Gasteiger partial charge in [0, 0.05) is 0 Å². The number of hydrogen-bond acceptors (Lipinski definition) is 8. The molecule has 0 aromatic heterocycles. The van der Waals surface area contributed by atoms with E-state index in [2.05, 4.69) is 0 Å². The highest BCUT2D eigenvalue weighted by Gasteiger charge is 2.29. The summed E-state index contributed by atoms with van der Waals surface area (Å²) >= 11 is 0. The Bertz CT molecular complexity index is 368. The second-order valence-electron chi connectivity index (χ2n) is 5.76. The van der Waals surface area contributed by atoms with Crippen LogP contribution < -0.4 is 0 Å². The number of hydrogen-bond donors (Lipinski definition) is 1. The van der Waals surface area contributed by atoms with Crippen molar-refractivity contribution in [3.8, 4) is 0 Å². The first kappa shape index (κ1) is 15.9. The molecule has 2 aliphatic heterocycles. The van der Waals surface area contributed by atoms with Crippen LogP contribution in [0.15, 0.2) is 0 Å². The highest BCUT2D eigenvalue weighted by Crippen LogP contribution is 2.25. The lowest BCUT2D eigenvalue weighted by Gasteiger charge is -2.29. The monoisotopic (exact) mass is 318 g/mol. The van der Waals surface area contributed by atoms with Crippen molar-refractivity contribution in [2.75, 3.05) is 26.4 Å². The minimum atomic E-state index is -1.12. The number of aliphatic hydroxyl groups excluding tert-OH is 1. The summed E-state index contributed by atoms with van der Waals surface area (Å²) in [4.78, 5) is 10.8. The van der Waals surface area contributed by atoms with Gasteiger partial charge in [0.05, 0.1) is 32.0 Å². The van der Waals surface area contributed by atoms with Gasteiger partial charge in [0.15, 0.2) is 6.10 Å². The molecule has 0 aromatic rings. The van der Waals surface area contributed by atoms with E-state index in [9.17, 15) is 4.79 Å². The zero-order chi connectivity index (χ0) is 15.4. The average molecular weight is 318 g/mol. The van der Waals surface area contributed by atoms with Crippen LogP contribution in [0.4, 0.5) is 4.79 Å². The van der Waals surface area contributed by atoms with E-state index in [0.29, 0.717) is 19.8 Å². The molecule has 22 heavy (non-hydrogen) atoms. The Balaban J connectivity index is 1.27. The lowest BCUT2D eigenvalue weighted by molar-refractivity contribution is -0.209. The fourth-order valence-electron chi connectivity index (χ4n) is 2.82. The topological polar surface area (TPSA) is 92.7 Å². The molecule has 0 radical (unpaired) electrons. The van der Waals surface area contributed by atoms with Crippen LogP contribution in [0.1, 0.15) is 25.7 Å². The second-order valence-corrected chi connectivity index (χ2v) is 5.76. The summed E-state index contributed by atoms with van der Waals surface area (Å²) in [5, 5.41) is 9.08. The lowest BCUT2D eigenvalue weighted by Crippen LogP contribution is -2.31. The third-order valence-electron chi connectivity index (χ3n) is 4.04. The smallest absolute Gasteiger partial charge is 0.430 e. The van der Waals surface area contributed by atoms with Gasteiger partial charge in [0.25, 0.3) is 6.48 Å². The standard InChI is InChI=1S/C14H22O8/c15-13-19-7-11(21-13)5-17-9-1-2-10(4-3-9)18-6-12-8-20-14(16)22-12/h9-13,15H,1-8H2. The number of carbonyl (C=O) groups is 1. The molecule has 0 bridgehead atoms. The predicted octanol–water partition coefficient (Wildman–Crippen LogP) is 0.557. The molecule has 1 N–H and O–H groups in total. The fourth-order valence-corrected chi connectivity index (χ4v) is 2.82. The summed E-state index contributed by atoms with van der Waals surface area (Å²) in [7, 11) is 0. The molecule has 2 saturated heterocycles. The Hall–Kier alpha value is -0.930. The quantitative estimate of drug-likeness (QED) is 0.710. The van der Waals surface area contributed by atoms with Gasteiger partial charge in [0.1, 0.15) is 12.7 Å². The van der Waals surface area contributed by atoms with Gasteiger partial charge in [-0.2, -0.15) is 0 Å². The van der Waals surface area contributed by atoms with E-state index in [1.807, 2.05) is 0 Å². The summed E-state index contributed by atoms with van der Waals surface area (Å²) < 4.78 is 31.2. The largest absolute Gasteiger partial charge is 0.508 e. The molecular weight excluding hydrogens is 296 g/mol. The van der Waals surface area contributed by atoms with Crippen molar-refractivity contribution in [3.05, 3.63) is 0 Å². The van der Waals surface area contributed by atoms with Crippen LogP contribution in [-0.2, 0) is 28.4 Å². The minimum absolute atomic E-state index is 0.173. The number of rotatable bonds is 6. The fraction of sp³-hybridized carbons (Fsp3) is 0.929. The molecule has 126 valence electrons. The molecule has 3 unspecified atom stereocenters. The molecule has 2 heterocycles. The Labute approximate surface area is 128 Å². The zero-order valence-electron chi connectivity index (χ0n) is 12.3. The maximum Gasteiger partial charge on any atom is 0.508 e. The number of aliphatic hydroxyl groups is 1. The van der Waals surface area contributed by atoms with Crippen molar-refractivity contribution >= 4 is 6.16 Å². The maximum absolute atomic E-state index is 10.8. The molecule has 3 fully saturated rings. The molecule has 0 aromatic carbocycles. The number of cyclic esters (lactones) is 2. The highest BCUT2D eigenvalue weighted by atomic mass is 16.8. The van der Waals surface area contributed by atoms with Gasteiger partial charge in [0.2, 0.25) is 0 Å². The van der Waals surface area contributed by atoms with Crippen LogP contribution in [-0.4, -0.2) is 68.6 Å². The molecule has 0 amide bonds. The zero-order valence-corrected chi connectivity index (χ0v) is 12.3. The summed E-state index contributed by atoms with van der Waals surface area (Å²) in [6.07, 6.45) is 2.93. The summed E-state index contributed by atoms with van der Waals surface area (Å²) in [6.45, 7) is 0.329. The van der Waals surface area contributed by atoms with E-state index in [4.69, 9.17) is 33.5 Å². The molecular formula is C14H22O8. The van der Waals surface area contributed by atoms with Gasteiger partial charge in [-0.05, 0) is 25.7 Å². The van der Waals surface area contributed by atoms with Gasteiger partial charge in [-0.3, -0.25) is 0 Å². The van der Waals surface area contributed by atoms with Crippen LogP contribution in [0.3, 0.4) is 0 Å². The molecule has 0 spiro atoms. The molecule has 8 heteroatoms. The Morgan fingerprint density at radius 1 is 1.00 bits per heavy atom. The molecule has 3 aliphatic rings. The maximum atomic E-state index is 10.8. The normalized spacial score (nSPS) is 38.8. The first-order valence-corrected chi connectivity index (χ1v) is 7.71. The number of carbonyl (C=O) groups excluding carboxylic acids is 1. The Morgan fingerprint density at radius 2 is 1.64 bits per heavy atom. The van der Waals surface area contributed by atoms with Gasteiger partial charge >= 0.3 is 6.16 Å². The van der Waals surface area contributed by atoms with Crippen molar-refractivity contribution in [2.24, 2.45) is 0 Å². The van der Waals surface area contributed by atoms with E-state index in [1.165, 1.54) is 0 Å². The highest BCUT2D eigenvalue weighted by molar-refractivity contribution is 5.61. The Kier molecular flexibility index (Phi) is 5.48. The van der Waals surface area contributed by atoms with E-state index < -0.39 is 12.6 Å². The van der Waals surface area contributed by atoms with Gasteiger partial charge < -0.3 is 33.5 Å². The Morgan fingerprint density at radius 3 is 2.14 bits per heavy atom. The van der Waals surface area contributed by atoms with Gasteiger partial charge in [-0.15, -0.1) is 0 Å². The van der Waals surface area contributed by atoms with Crippen LogP contribution >= 0.6 is 0 Å². The van der Waals surface area contributed by atoms with Crippen molar-refractivity contribution in [1.82, 2.24) is 0 Å². The number of ether oxygens (including phenoxy) is 6. The van der Waals surface area contributed by atoms with Gasteiger partial charge in [-0.1, -0.05) is 0 Å². The SMILES string of the molecule is O=C1OCC(COC2CCC(OCC3COC(O)O3)CC2)O1. The molecule has 1 saturated carbocycles.